The third-order valence-electron chi connectivity index (χ3n) is 7.75. The summed E-state index contributed by atoms with van der Waals surface area (Å²) in [6, 6.07) is 10.5. The van der Waals surface area contributed by atoms with E-state index >= 15 is 0 Å². The molecule has 6 rings (SSSR count). The average Bonchev–Trinajstić information content (AvgIpc) is 3.48. The molecule has 0 radical (unpaired) electrons. The third-order valence-corrected chi connectivity index (χ3v) is 11.0. The van der Waals surface area contributed by atoms with Crippen molar-refractivity contribution in [2.75, 3.05) is 26.2 Å². The zero-order chi connectivity index (χ0) is 25.7. The Balaban J connectivity index is 1.37. The lowest BCUT2D eigenvalue weighted by Crippen LogP contribution is -2.51. The normalized spacial score (nSPS) is 19.9. The Bertz CT molecular complexity index is 1540. The van der Waals surface area contributed by atoms with E-state index in [1.54, 1.807) is 16.4 Å². The summed E-state index contributed by atoms with van der Waals surface area (Å²) in [6.45, 7) is 6.48. The first kappa shape index (κ1) is 24.7. The van der Waals surface area contributed by atoms with Crippen LogP contribution in [0.5, 0.6) is 0 Å². The maximum absolute atomic E-state index is 13.5. The van der Waals surface area contributed by atoms with Gasteiger partial charge in [0, 0.05) is 37.6 Å². The third kappa shape index (κ3) is 4.60. The number of thiazole rings is 1. The van der Waals surface area contributed by atoms with Crippen LogP contribution in [0.25, 0.3) is 16.6 Å². The Morgan fingerprint density at radius 2 is 1.86 bits per heavy atom. The van der Waals surface area contributed by atoms with Crippen LogP contribution < -0.4 is 0 Å². The minimum atomic E-state index is -3.60. The lowest BCUT2D eigenvalue weighted by molar-refractivity contribution is 0.0808. The molecule has 10 heteroatoms. The molecule has 37 heavy (non-hydrogen) atoms. The van der Waals surface area contributed by atoms with Crippen LogP contribution in [0.1, 0.15) is 41.4 Å². The fourth-order valence-corrected chi connectivity index (χ4v) is 8.17. The molecule has 2 aromatic carbocycles. The molecule has 1 aliphatic heterocycles. The molecule has 194 valence electrons. The molecule has 1 saturated heterocycles. The van der Waals surface area contributed by atoms with Crippen LogP contribution in [0.15, 0.2) is 53.0 Å². The predicted molar refractivity (Wildman–Crippen MR) is 143 cm³/mol. The maximum Gasteiger partial charge on any atom is 0.254 e. The second kappa shape index (κ2) is 9.58. The van der Waals surface area contributed by atoms with Crippen molar-refractivity contribution in [3.05, 3.63) is 70.7 Å². The summed E-state index contributed by atoms with van der Waals surface area (Å²) in [7, 11) is -3.60. The smallest absolute Gasteiger partial charge is 0.254 e. The summed E-state index contributed by atoms with van der Waals surface area (Å²) in [6.07, 6.45) is 7.07. The van der Waals surface area contributed by atoms with E-state index < -0.39 is 10.0 Å². The van der Waals surface area contributed by atoms with Gasteiger partial charge in [0.05, 0.1) is 28.6 Å². The van der Waals surface area contributed by atoms with Crippen molar-refractivity contribution in [3.63, 3.8) is 0 Å². The zero-order valence-electron chi connectivity index (χ0n) is 21.0. The minimum Gasteiger partial charge on any atom is -0.293 e. The molecular formula is C27H30FN5O2S2. The second-order valence-electron chi connectivity index (χ2n) is 10.2. The number of hydrogen-bond donors (Lipinski definition) is 0. The summed E-state index contributed by atoms with van der Waals surface area (Å²) in [5.41, 5.74) is 3.96. The molecule has 0 bridgehead atoms. The Kier molecular flexibility index (Phi) is 6.38. The second-order valence-corrected chi connectivity index (χ2v) is 13.6. The van der Waals surface area contributed by atoms with Crippen LogP contribution in [0.3, 0.4) is 0 Å². The number of sulfonamides is 1. The fourth-order valence-electron chi connectivity index (χ4n) is 5.47. The number of fused-ring (bicyclic) bond motifs is 1. The summed E-state index contributed by atoms with van der Waals surface area (Å²) in [5.74, 6) is 0.399. The Morgan fingerprint density at radius 1 is 1.08 bits per heavy atom. The summed E-state index contributed by atoms with van der Waals surface area (Å²) in [5, 5.41) is 6.30. The molecule has 0 unspecified atom stereocenters. The summed E-state index contributed by atoms with van der Waals surface area (Å²) < 4.78 is 44.2. The van der Waals surface area contributed by atoms with E-state index in [1.807, 2.05) is 17.8 Å². The van der Waals surface area contributed by atoms with Gasteiger partial charge in [-0.1, -0.05) is 6.42 Å². The van der Waals surface area contributed by atoms with E-state index in [4.69, 9.17) is 0 Å². The van der Waals surface area contributed by atoms with E-state index in [0.29, 0.717) is 29.8 Å². The first-order valence-electron chi connectivity index (χ1n) is 12.7. The number of piperazine rings is 1. The van der Waals surface area contributed by atoms with Gasteiger partial charge >= 0.3 is 0 Å². The number of aromatic nitrogens is 3. The molecule has 2 aliphatic rings. The monoisotopic (exact) mass is 539 g/mol. The molecule has 0 spiro atoms. The van der Waals surface area contributed by atoms with Gasteiger partial charge in [-0.15, -0.1) is 11.3 Å². The zero-order valence-corrected chi connectivity index (χ0v) is 22.6. The Morgan fingerprint density at radius 3 is 2.54 bits per heavy atom. The van der Waals surface area contributed by atoms with Gasteiger partial charge < -0.3 is 0 Å². The molecule has 2 aromatic heterocycles. The lowest BCUT2D eigenvalue weighted by Gasteiger charge is -2.44. The first-order valence-corrected chi connectivity index (χ1v) is 15.0. The molecule has 4 aromatic rings. The van der Waals surface area contributed by atoms with Crippen LogP contribution in [0.2, 0.25) is 0 Å². The number of hydrogen-bond acceptors (Lipinski definition) is 6. The molecule has 7 nitrogen and oxygen atoms in total. The van der Waals surface area contributed by atoms with Crippen molar-refractivity contribution in [1.82, 2.24) is 24.0 Å². The van der Waals surface area contributed by atoms with Gasteiger partial charge in [0.15, 0.2) is 4.21 Å². The number of rotatable bonds is 6. The molecule has 3 heterocycles. The van der Waals surface area contributed by atoms with Crippen LogP contribution in [-0.4, -0.2) is 58.6 Å². The van der Waals surface area contributed by atoms with Gasteiger partial charge in [-0.25, -0.2) is 22.5 Å². The van der Waals surface area contributed by atoms with E-state index in [0.717, 1.165) is 39.3 Å². The van der Waals surface area contributed by atoms with Gasteiger partial charge in [-0.05, 0) is 80.1 Å². The van der Waals surface area contributed by atoms with Gasteiger partial charge in [0.2, 0.25) is 0 Å². The van der Waals surface area contributed by atoms with E-state index in [1.165, 1.54) is 48.9 Å². The lowest BCUT2D eigenvalue weighted by atomic mass is 9.84. The van der Waals surface area contributed by atoms with E-state index in [9.17, 15) is 12.8 Å². The number of benzene rings is 2. The minimum absolute atomic E-state index is 0.0447. The van der Waals surface area contributed by atoms with Gasteiger partial charge in [-0.3, -0.25) is 4.90 Å². The fraction of sp³-hybridized carbons (Fsp3) is 0.407. The van der Waals surface area contributed by atoms with E-state index in [2.05, 4.69) is 34.0 Å². The number of aryl methyl sites for hydroxylation is 2. The number of nitrogens with zero attached hydrogens (tertiary/aromatic N) is 5. The first-order chi connectivity index (χ1) is 17.8. The predicted octanol–water partition coefficient (Wildman–Crippen LogP) is 5.09. The van der Waals surface area contributed by atoms with Crippen molar-refractivity contribution in [2.45, 2.75) is 43.4 Å². The van der Waals surface area contributed by atoms with Gasteiger partial charge in [0.1, 0.15) is 5.82 Å². The summed E-state index contributed by atoms with van der Waals surface area (Å²) >= 11 is 1.23. The van der Waals surface area contributed by atoms with Crippen LogP contribution in [0.4, 0.5) is 4.39 Å². The molecule has 0 amide bonds. The largest absolute Gasteiger partial charge is 0.293 e. The van der Waals surface area contributed by atoms with Gasteiger partial charge in [0.25, 0.3) is 10.0 Å². The highest BCUT2D eigenvalue weighted by Crippen LogP contribution is 2.37. The van der Waals surface area contributed by atoms with Crippen LogP contribution >= 0.6 is 11.3 Å². The van der Waals surface area contributed by atoms with Gasteiger partial charge in [-0.2, -0.15) is 9.40 Å². The molecule has 0 N–H and O–H groups in total. The highest BCUT2D eigenvalue weighted by atomic mass is 32.2. The molecule has 2 fully saturated rings. The highest BCUT2D eigenvalue weighted by Gasteiger charge is 2.38. The Hall–Kier alpha value is -2.66. The van der Waals surface area contributed by atoms with E-state index in [-0.39, 0.29) is 11.9 Å². The molecule has 1 aliphatic carbocycles. The van der Waals surface area contributed by atoms with Crippen molar-refractivity contribution in [3.8, 4) is 5.69 Å². The molecular weight excluding hydrogens is 509 g/mol. The molecule has 1 atom stereocenters. The Labute approximate surface area is 220 Å². The maximum atomic E-state index is 13.5. The molecule has 1 saturated carbocycles. The topological polar surface area (TPSA) is 71.3 Å². The van der Waals surface area contributed by atoms with Crippen LogP contribution in [0, 0.1) is 25.6 Å². The van der Waals surface area contributed by atoms with Crippen molar-refractivity contribution < 1.29 is 12.8 Å². The van der Waals surface area contributed by atoms with Crippen molar-refractivity contribution in [1.29, 1.82) is 0 Å². The highest BCUT2D eigenvalue weighted by molar-refractivity contribution is 7.91. The quantitative estimate of drug-likeness (QED) is 0.342. The SMILES string of the molecule is Cc1ncc(S(=O)(=O)N2CCN(CC3CCC3)[C@H](c3cc4cnn(-c5ccc(F)cc5)c4cc3C)C2)s1. The van der Waals surface area contributed by atoms with Crippen LogP contribution in [-0.2, 0) is 10.0 Å². The van der Waals surface area contributed by atoms with Crippen molar-refractivity contribution in [2.24, 2.45) is 5.92 Å². The summed E-state index contributed by atoms with van der Waals surface area (Å²) in [4.78, 5) is 6.66. The average molecular weight is 540 g/mol. The standard InChI is InChI=1S/C27H30FN5O2S2/c1-18-12-25-21(14-30-33(25)23-8-6-22(28)7-9-23)13-24(18)26-17-32(11-10-31(26)16-20-4-3-5-20)37(34,35)27-15-29-19(2)36-27/h6-9,12-15,20,26H,3-5,10-11,16-17H2,1-2H3/t26-/m0/s1. The van der Waals surface area contributed by atoms with Crippen molar-refractivity contribution >= 4 is 32.3 Å². The number of halogens is 1.